The number of hydrogen-bond acceptors (Lipinski definition) is 7. The highest BCUT2D eigenvalue weighted by Gasteiger charge is 2.35. The van der Waals surface area contributed by atoms with Gasteiger partial charge in [-0.25, -0.2) is 22.8 Å². The number of sulfonamides is 1. The van der Waals surface area contributed by atoms with Gasteiger partial charge in [-0.2, -0.15) is 0 Å². The fraction of sp³-hybridized carbons (Fsp3) is 0.320. The SMILES string of the molecule is CN(C)[C@H]1C[C@@H](c2cc(Cl)cc(Cl)c2)CC[C@@H]1Oc1cc(F)c(S(=O)(=O)Nc2ccncn2)cc1Cl.O=CO. The van der Waals surface area contributed by atoms with Crippen LogP contribution in [0, 0.1) is 5.82 Å². The molecule has 3 aromatic rings. The molecule has 0 bridgehead atoms. The third-order valence-electron chi connectivity index (χ3n) is 6.15. The van der Waals surface area contributed by atoms with E-state index in [9.17, 15) is 12.8 Å². The number of carboxylic acid groups (broad SMARTS) is 1. The Morgan fingerprint density at radius 2 is 1.79 bits per heavy atom. The van der Waals surface area contributed by atoms with Crippen LogP contribution in [0.3, 0.4) is 0 Å². The highest BCUT2D eigenvalue weighted by molar-refractivity contribution is 7.92. The first kappa shape index (κ1) is 30.8. The van der Waals surface area contributed by atoms with Crippen molar-refractivity contribution in [3.05, 3.63) is 75.4 Å². The maximum absolute atomic E-state index is 15.0. The summed E-state index contributed by atoms with van der Waals surface area (Å²) in [5.74, 6) is -0.677. The molecule has 0 radical (unpaired) electrons. The van der Waals surface area contributed by atoms with Crippen LogP contribution in [-0.4, -0.2) is 61.1 Å². The molecule has 1 saturated carbocycles. The molecule has 9 nitrogen and oxygen atoms in total. The normalized spacial score (nSPS) is 19.1. The number of halogens is 4. The highest BCUT2D eigenvalue weighted by atomic mass is 35.5. The molecule has 1 heterocycles. The summed E-state index contributed by atoms with van der Waals surface area (Å²) in [5.41, 5.74) is 1.06. The van der Waals surface area contributed by atoms with E-state index in [0.29, 0.717) is 16.5 Å². The van der Waals surface area contributed by atoms with Crippen molar-refractivity contribution in [2.75, 3.05) is 18.8 Å². The number of benzene rings is 2. The number of anilines is 1. The van der Waals surface area contributed by atoms with E-state index in [4.69, 9.17) is 49.4 Å². The topological polar surface area (TPSA) is 122 Å². The molecular weight excluding hydrogens is 594 g/mol. The van der Waals surface area contributed by atoms with Crippen LogP contribution in [0.2, 0.25) is 15.1 Å². The van der Waals surface area contributed by atoms with Gasteiger partial charge in [0.15, 0.2) is 0 Å². The molecule has 1 aliphatic carbocycles. The maximum Gasteiger partial charge on any atom is 0.290 e. The minimum Gasteiger partial charge on any atom is -0.487 e. The van der Waals surface area contributed by atoms with Crippen LogP contribution < -0.4 is 9.46 Å². The first-order valence-electron chi connectivity index (χ1n) is 11.6. The summed E-state index contributed by atoms with van der Waals surface area (Å²) in [5, 5.41) is 8.05. The van der Waals surface area contributed by atoms with Gasteiger partial charge in [0.05, 0.1) is 5.02 Å². The van der Waals surface area contributed by atoms with E-state index in [1.165, 1.54) is 18.6 Å². The van der Waals surface area contributed by atoms with Gasteiger partial charge >= 0.3 is 0 Å². The molecular formula is C25H26Cl3FN4O5S. The Balaban J connectivity index is 0.00000134. The summed E-state index contributed by atoms with van der Waals surface area (Å²) in [6.07, 6.45) is 4.50. The molecule has 0 unspecified atom stereocenters. The molecule has 3 atom stereocenters. The third-order valence-corrected chi connectivity index (χ3v) is 8.25. The van der Waals surface area contributed by atoms with Crippen LogP contribution in [0.5, 0.6) is 5.75 Å². The van der Waals surface area contributed by atoms with Crippen LogP contribution in [0.4, 0.5) is 10.2 Å². The van der Waals surface area contributed by atoms with Gasteiger partial charge in [0, 0.05) is 28.4 Å². The first-order chi connectivity index (χ1) is 18.4. The van der Waals surface area contributed by atoms with Gasteiger partial charge in [0.2, 0.25) is 0 Å². The number of hydrogen-bond donors (Lipinski definition) is 2. The van der Waals surface area contributed by atoms with Crippen molar-refractivity contribution < 1.29 is 27.4 Å². The van der Waals surface area contributed by atoms with E-state index in [-0.39, 0.29) is 41.1 Å². The maximum atomic E-state index is 15.0. The van der Waals surface area contributed by atoms with E-state index in [1.54, 1.807) is 6.07 Å². The van der Waals surface area contributed by atoms with Crippen molar-refractivity contribution >= 4 is 57.1 Å². The fourth-order valence-corrected chi connectivity index (χ4v) is 6.34. The van der Waals surface area contributed by atoms with E-state index in [2.05, 4.69) is 19.6 Å². The zero-order valence-electron chi connectivity index (χ0n) is 20.9. The van der Waals surface area contributed by atoms with Crippen LogP contribution in [-0.2, 0) is 14.8 Å². The van der Waals surface area contributed by atoms with Crippen molar-refractivity contribution in [3.8, 4) is 5.75 Å². The predicted molar refractivity (Wildman–Crippen MR) is 148 cm³/mol. The molecule has 2 aromatic carbocycles. The lowest BCUT2D eigenvalue weighted by Gasteiger charge is -2.40. The van der Waals surface area contributed by atoms with Gasteiger partial charge in [0.25, 0.3) is 16.5 Å². The van der Waals surface area contributed by atoms with Crippen molar-refractivity contribution in [2.24, 2.45) is 0 Å². The molecule has 0 saturated heterocycles. The molecule has 1 fully saturated rings. The minimum atomic E-state index is -4.27. The zero-order chi connectivity index (χ0) is 28.7. The second kappa shape index (κ2) is 13.6. The summed E-state index contributed by atoms with van der Waals surface area (Å²) < 4.78 is 48.7. The van der Waals surface area contributed by atoms with Crippen molar-refractivity contribution in [1.82, 2.24) is 14.9 Å². The first-order valence-corrected chi connectivity index (χ1v) is 14.2. The number of carbonyl (C=O) groups is 1. The number of ether oxygens (including phenoxy) is 1. The molecule has 4 rings (SSSR count). The van der Waals surface area contributed by atoms with Crippen molar-refractivity contribution in [2.45, 2.75) is 42.2 Å². The number of aromatic nitrogens is 2. The number of likely N-dealkylation sites (N-methyl/N-ethyl adjacent to an activating group) is 1. The van der Waals surface area contributed by atoms with Gasteiger partial charge in [-0.15, -0.1) is 0 Å². The number of nitrogens with zero attached hydrogens (tertiary/aromatic N) is 3. The van der Waals surface area contributed by atoms with Gasteiger partial charge in [-0.05, 0) is 75.2 Å². The zero-order valence-corrected chi connectivity index (χ0v) is 24.0. The Morgan fingerprint density at radius 1 is 1.13 bits per heavy atom. The number of nitrogens with one attached hydrogen (secondary N) is 1. The third kappa shape index (κ3) is 8.15. The summed E-state index contributed by atoms with van der Waals surface area (Å²) in [7, 11) is -0.372. The Morgan fingerprint density at radius 3 is 2.38 bits per heavy atom. The molecule has 1 aromatic heterocycles. The molecule has 0 amide bonds. The standard InChI is InChI=1S/C24H24Cl3FN4O3S.CH2O2/c1-32(2)20-9-14(15-7-16(25)10-17(26)8-15)3-4-21(20)35-22-12-19(28)23(11-18(22)27)36(33,34)31-24-5-6-29-13-30-24;2-1-3/h5-8,10-14,20-21H,3-4,9H2,1-2H3,(H,29,30,31);1H,(H,2,3)/t14-,20-,21-;/m0./s1. The number of rotatable bonds is 7. The second-order valence-corrected chi connectivity index (χ2v) is 11.8. The summed E-state index contributed by atoms with van der Waals surface area (Å²) in [6, 6.07) is 8.94. The predicted octanol–water partition coefficient (Wildman–Crippen LogP) is 5.72. The Bertz CT molecular complexity index is 1380. The van der Waals surface area contributed by atoms with E-state index >= 15 is 0 Å². The smallest absolute Gasteiger partial charge is 0.290 e. The molecule has 2 N–H and O–H groups in total. The van der Waals surface area contributed by atoms with E-state index in [1.807, 2.05) is 26.2 Å². The average molecular weight is 620 g/mol. The Hall–Kier alpha value is -2.70. The highest BCUT2D eigenvalue weighted by Crippen LogP contribution is 2.40. The Labute approximate surface area is 240 Å². The van der Waals surface area contributed by atoms with Gasteiger partial charge in [-0.3, -0.25) is 9.52 Å². The molecule has 39 heavy (non-hydrogen) atoms. The van der Waals surface area contributed by atoms with Gasteiger partial charge < -0.3 is 14.7 Å². The molecule has 0 aliphatic heterocycles. The molecule has 0 spiro atoms. The minimum absolute atomic E-state index is 0.00687. The lowest BCUT2D eigenvalue weighted by atomic mass is 9.79. The monoisotopic (exact) mass is 618 g/mol. The van der Waals surface area contributed by atoms with Gasteiger partial charge in [-0.1, -0.05) is 34.8 Å². The average Bonchev–Trinajstić information content (AvgIpc) is 2.86. The lowest BCUT2D eigenvalue weighted by Crippen LogP contribution is -2.46. The quantitative estimate of drug-likeness (QED) is 0.322. The summed E-state index contributed by atoms with van der Waals surface area (Å²) in [4.78, 5) is 17.3. The largest absolute Gasteiger partial charge is 0.487 e. The van der Waals surface area contributed by atoms with E-state index < -0.39 is 20.7 Å². The second-order valence-electron chi connectivity index (χ2n) is 8.92. The molecule has 14 heteroatoms. The summed E-state index contributed by atoms with van der Waals surface area (Å²) in [6.45, 7) is -0.250. The van der Waals surface area contributed by atoms with Crippen molar-refractivity contribution in [3.63, 3.8) is 0 Å². The van der Waals surface area contributed by atoms with Crippen LogP contribution >= 0.6 is 34.8 Å². The van der Waals surface area contributed by atoms with Crippen LogP contribution in [0.15, 0.2) is 53.8 Å². The molecule has 1 aliphatic rings. The van der Waals surface area contributed by atoms with Crippen LogP contribution in [0.1, 0.15) is 30.7 Å². The van der Waals surface area contributed by atoms with Gasteiger partial charge in [0.1, 0.15) is 34.7 Å². The Kier molecular flexibility index (Phi) is 10.7. The lowest BCUT2D eigenvalue weighted by molar-refractivity contribution is -0.122. The van der Waals surface area contributed by atoms with Crippen molar-refractivity contribution in [1.29, 1.82) is 0 Å². The van der Waals surface area contributed by atoms with Crippen LogP contribution in [0.25, 0.3) is 0 Å². The van der Waals surface area contributed by atoms with E-state index in [0.717, 1.165) is 30.5 Å². The summed E-state index contributed by atoms with van der Waals surface area (Å²) >= 11 is 18.8. The fourth-order valence-electron chi connectivity index (χ4n) is 4.43. The molecule has 210 valence electrons.